The molecule has 0 bridgehead atoms. The number of amides is 1. The second-order valence-electron chi connectivity index (χ2n) is 7.63. The van der Waals surface area contributed by atoms with Gasteiger partial charge in [-0.05, 0) is 58.1 Å². The zero-order chi connectivity index (χ0) is 22.2. The van der Waals surface area contributed by atoms with Crippen LogP contribution in [-0.4, -0.2) is 63.2 Å². The summed E-state index contributed by atoms with van der Waals surface area (Å²) in [4.78, 5) is 17.2. The summed E-state index contributed by atoms with van der Waals surface area (Å²) in [5, 5.41) is 0. The highest BCUT2D eigenvalue weighted by atomic mass is 79.9. The Bertz CT molecular complexity index is 873. The summed E-state index contributed by atoms with van der Waals surface area (Å²) in [6.07, 6.45) is 2.26. The maximum absolute atomic E-state index is 12.8. The molecule has 0 spiro atoms. The van der Waals surface area contributed by atoms with Crippen molar-refractivity contribution in [3.05, 3.63) is 52.0 Å². The van der Waals surface area contributed by atoms with E-state index in [2.05, 4.69) is 26.9 Å². The summed E-state index contributed by atoms with van der Waals surface area (Å²) in [6.45, 7) is 4.18. The van der Waals surface area contributed by atoms with Gasteiger partial charge in [0, 0.05) is 39.1 Å². The number of hydrogen-bond donors (Lipinski definition) is 0. The lowest BCUT2D eigenvalue weighted by molar-refractivity contribution is -0.131. The van der Waals surface area contributed by atoms with Crippen molar-refractivity contribution in [2.24, 2.45) is 0 Å². The van der Waals surface area contributed by atoms with Crippen molar-refractivity contribution in [2.45, 2.75) is 25.8 Å². The lowest BCUT2D eigenvalue weighted by Gasteiger charge is -2.23. The van der Waals surface area contributed by atoms with E-state index < -0.39 is 0 Å². The van der Waals surface area contributed by atoms with Gasteiger partial charge in [0.05, 0.1) is 25.8 Å². The van der Waals surface area contributed by atoms with E-state index in [9.17, 15) is 4.79 Å². The lowest BCUT2D eigenvalue weighted by atomic mass is 10.1. The van der Waals surface area contributed by atoms with Crippen LogP contribution in [0.4, 0.5) is 0 Å². The molecule has 0 unspecified atom stereocenters. The predicted molar refractivity (Wildman–Crippen MR) is 125 cm³/mol. The molecule has 0 radical (unpaired) electrons. The van der Waals surface area contributed by atoms with Crippen molar-refractivity contribution in [2.75, 3.05) is 47.5 Å². The van der Waals surface area contributed by atoms with E-state index in [4.69, 9.17) is 14.2 Å². The maximum Gasteiger partial charge on any atom is 0.222 e. The van der Waals surface area contributed by atoms with Crippen LogP contribution in [0.3, 0.4) is 0 Å². The fourth-order valence-electron chi connectivity index (χ4n) is 3.87. The number of aryl methyl sites for hydroxylation is 1. The van der Waals surface area contributed by atoms with E-state index in [1.165, 1.54) is 0 Å². The standard InChI is InChI=1S/C24H31BrN2O4/c1-29-20-9-5-18(6-10-20)7-12-22(28)27-14-4-13-26(15-16-27)17-19-8-11-21(30-2)24(31-3)23(19)25/h5-6,8-11H,4,7,12-17H2,1-3H3. The monoisotopic (exact) mass is 490 g/mol. The van der Waals surface area contributed by atoms with Gasteiger partial charge in [0.2, 0.25) is 5.91 Å². The largest absolute Gasteiger partial charge is 0.497 e. The summed E-state index contributed by atoms with van der Waals surface area (Å²) in [5.74, 6) is 2.49. The third-order valence-electron chi connectivity index (χ3n) is 5.69. The number of benzene rings is 2. The molecule has 1 fully saturated rings. The minimum Gasteiger partial charge on any atom is -0.497 e. The molecule has 0 aromatic heterocycles. The zero-order valence-electron chi connectivity index (χ0n) is 18.5. The van der Waals surface area contributed by atoms with E-state index in [1.54, 1.807) is 21.3 Å². The van der Waals surface area contributed by atoms with E-state index in [0.29, 0.717) is 17.9 Å². The first-order valence-corrected chi connectivity index (χ1v) is 11.4. The molecule has 6 nitrogen and oxygen atoms in total. The van der Waals surface area contributed by atoms with E-state index in [-0.39, 0.29) is 5.91 Å². The quantitative estimate of drug-likeness (QED) is 0.556. The zero-order valence-corrected chi connectivity index (χ0v) is 20.1. The van der Waals surface area contributed by atoms with Crippen LogP contribution in [0.25, 0.3) is 0 Å². The molecule has 0 N–H and O–H groups in total. The van der Waals surface area contributed by atoms with Gasteiger partial charge in [0.1, 0.15) is 5.75 Å². The van der Waals surface area contributed by atoms with Crippen molar-refractivity contribution in [3.8, 4) is 17.2 Å². The van der Waals surface area contributed by atoms with Crippen molar-refractivity contribution in [1.29, 1.82) is 0 Å². The summed E-state index contributed by atoms with van der Waals surface area (Å²) in [5.41, 5.74) is 2.31. The second-order valence-corrected chi connectivity index (χ2v) is 8.43. The van der Waals surface area contributed by atoms with E-state index in [0.717, 1.165) is 66.9 Å². The maximum atomic E-state index is 12.8. The van der Waals surface area contributed by atoms with E-state index >= 15 is 0 Å². The molecule has 2 aromatic carbocycles. The summed E-state index contributed by atoms with van der Waals surface area (Å²) in [7, 11) is 4.94. The normalized spacial score (nSPS) is 14.8. The Morgan fingerprint density at radius 1 is 0.935 bits per heavy atom. The van der Waals surface area contributed by atoms with Gasteiger partial charge >= 0.3 is 0 Å². The third kappa shape index (κ3) is 6.14. The molecule has 1 heterocycles. The van der Waals surface area contributed by atoms with Gasteiger partial charge in [-0.1, -0.05) is 18.2 Å². The Morgan fingerprint density at radius 3 is 2.39 bits per heavy atom. The van der Waals surface area contributed by atoms with Crippen LogP contribution in [0.2, 0.25) is 0 Å². The molecule has 1 aliphatic rings. The Labute approximate surface area is 193 Å². The first-order chi connectivity index (χ1) is 15.0. The van der Waals surface area contributed by atoms with Gasteiger partial charge in [-0.15, -0.1) is 0 Å². The number of rotatable bonds is 8. The highest BCUT2D eigenvalue weighted by molar-refractivity contribution is 9.10. The molecule has 1 amide bonds. The molecular weight excluding hydrogens is 460 g/mol. The molecule has 7 heteroatoms. The van der Waals surface area contributed by atoms with Crippen molar-refractivity contribution in [1.82, 2.24) is 9.80 Å². The van der Waals surface area contributed by atoms with Crippen LogP contribution in [-0.2, 0) is 17.8 Å². The highest BCUT2D eigenvalue weighted by Gasteiger charge is 2.21. The Balaban J connectivity index is 1.53. The van der Waals surface area contributed by atoms with Crippen LogP contribution in [0.5, 0.6) is 17.2 Å². The Hall–Kier alpha value is -2.25. The van der Waals surface area contributed by atoms with Crippen molar-refractivity contribution in [3.63, 3.8) is 0 Å². The smallest absolute Gasteiger partial charge is 0.222 e. The molecule has 0 atom stereocenters. The molecule has 31 heavy (non-hydrogen) atoms. The van der Waals surface area contributed by atoms with Gasteiger partial charge in [-0.3, -0.25) is 9.69 Å². The summed E-state index contributed by atoms with van der Waals surface area (Å²) >= 11 is 3.66. The number of halogens is 1. The first-order valence-electron chi connectivity index (χ1n) is 10.6. The average molecular weight is 491 g/mol. The molecule has 2 aromatic rings. The highest BCUT2D eigenvalue weighted by Crippen LogP contribution is 2.38. The van der Waals surface area contributed by atoms with Gasteiger partial charge in [-0.2, -0.15) is 0 Å². The molecule has 1 saturated heterocycles. The summed E-state index contributed by atoms with van der Waals surface area (Å²) in [6, 6.07) is 11.9. The Morgan fingerprint density at radius 2 is 1.71 bits per heavy atom. The van der Waals surface area contributed by atoms with Crippen LogP contribution in [0.1, 0.15) is 24.0 Å². The number of carbonyl (C=O) groups is 1. The molecule has 168 valence electrons. The molecular formula is C24H31BrN2O4. The number of methoxy groups -OCH3 is 3. The second kappa shape index (κ2) is 11.4. The molecule has 1 aliphatic heterocycles. The van der Waals surface area contributed by atoms with Crippen molar-refractivity contribution < 1.29 is 19.0 Å². The molecule has 3 rings (SSSR count). The predicted octanol–water partition coefficient (Wildman–Crippen LogP) is 4.14. The number of ether oxygens (including phenoxy) is 3. The topological polar surface area (TPSA) is 51.2 Å². The molecule has 0 saturated carbocycles. The SMILES string of the molecule is COc1ccc(CCC(=O)N2CCCN(Cc3ccc(OC)c(OC)c3Br)CC2)cc1. The molecule has 0 aliphatic carbocycles. The number of carbonyl (C=O) groups excluding carboxylic acids is 1. The number of nitrogens with zero attached hydrogens (tertiary/aromatic N) is 2. The van der Waals surface area contributed by atoms with Gasteiger partial charge < -0.3 is 19.1 Å². The van der Waals surface area contributed by atoms with Gasteiger partial charge in [0.15, 0.2) is 11.5 Å². The van der Waals surface area contributed by atoms with E-state index in [1.807, 2.05) is 35.2 Å². The Kier molecular flexibility index (Phi) is 8.60. The minimum absolute atomic E-state index is 0.227. The van der Waals surface area contributed by atoms with Gasteiger partial charge in [-0.25, -0.2) is 0 Å². The number of hydrogen-bond acceptors (Lipinski definition) is 5. The van der Waals surface area contributed by atoms with Crippen molar-refractivity contribution >= 4 is 21.8 Å². The van der Waals surface area contributed by atoms with Crippen LogP contribution < -0.4 is 14.2 Å². The third-order valence-corrected chi connectivity index (χ3v) is 6.56. The minimum atomic E-state index is 0.227. The first kappa shape index (κ1) is 23.4. The fraction of sp³-hybridized carbons (Fsp3) is 0.458. The average Bonchev–Trinajstić information content (AvgIpc) is 3.04. The van der Waals surface area contributed by atoms with Crippen LogP contribution in [0, 0.1) is 0 Å². The fourth-order valence-corrected chi connectivity index (χ4v) is 4.49. The summed E-state index contributed by atoms with van der Waals surface area (Å²) < 4.78 is 17.0. The van der Waals surface area contributed by atoms with Crippen LogP contribution in [0.15, 0.2) is 40.9 Å². The van der Waals surface area contributed by atoms with Gasteiger partial charge in [0.25, 0.3) is 0 Å². The lowest BCUT2D eigenvalue weighted by Crippen LogP contribution is -2.35. The van der Waals surface area contributed by atoms with Crippen LogP contribution >= 0.6 is 15.9 Å².